The lowest BCUT2D eigenvalue weighted by molar-refractivity contribution is -0.145. The molecule has 21 heavy (non-hydrogen) atoms. The van der Waals surface area contributed by atoms with Crippen LogP contribution in [0.2, 0.25) is 0 Å². The molecule has 1 aliphatic rings. The van der Waals surface area contributed by atoms with Crippen molar-refractivity contribution in [3.63, 3.8) is 0 Å². The topological polar surface area (TPSA) is 85.4 Å². The summed E-state index contributed by atoms with van der Waals surface area (Å²) in [6.07, 6.45) is 3.36. The van der Waals surface area contributed by atoms with Gasteiger partial charge in [-0.3, -0.25) is 9.78 Å². The average molecular weight is 312 g/mol. The van der Waals surface area contributed by atoms with Crippen LogP contribution in [0.3, 0.4) is 0 Å². The molecule has 0 radical (unpaired) electrons. The van der Waals surface area contributed by atoms with Crippen LogP contribution in [0.15, 0.2) is 24.4 Å². The minimum Gasteiger partial charge on any atom is -0.469 e. The number of aromatic nitrogens is 1. The van der Waals surface area contributed by atoms with E-state index in [0.29, 0.717) is 25.0 Å². The van der Waals surface area contributed by atoms with Gasteiger partial charge in [-0.2, -0.15) is 0 Å². The molecule has 0 amide bonds. The van der Waals surface area contributed by atoms with Crippen LogP contribution >= 0.6 is 0 Å². The van der Waals surface area contributed by atoms with Crippen LogP contribution in [0.4, 0.5) is 0 Å². The Morgan fingerprint density at radius 1 is 1.43 bits per heavy atom. The fourth-order valence-corrected chi connectivity index (χ4v) is 4.69. The summed E-state index contributed by atoms with van der Waals surface area (Å²) < 4.78 is 32.3. The molecule has 0 aliphatic heterocycles. The second kappa shape index (κ2) is 6.53. The van der Waals surface area contributed by atoms with Gasteiger partial charge >= 0.3 is 5.97 Å². The predicted molar refractivity (Wildman–Crippen MR) is 77.9 cm³/mol. The number of hydrogen-bond acceptors (Lipinski definition) is 5. The summed E-state index contributed by atoms with van der Waals surface area (Å²) in [5.74, 6) is -1.03. The number of carbonyl (C=O) groups excluding carboxylic acids is 1. The lowest BCUT2D eigenvalue weighted by atomic mass is 10.1. The van der Waals surface area contributed by atoms with E-state index in [2.05, 4.69) is 9.71 Å². The van der Waals surface area contributed by atoms with Crippen LogP contribution in [0.1, 0.15) is 37.9 Å². The second-order valence-electron chi connectivity index (χ2n) is 5.24. The van der Waals surface area contributed by atoms with Gasteiger partial charge in [0, 0.05) is 6.20 Å². The zero-order valence-corrected chi connectivity index (χ0v) is 13.0. The van der Waals surface area contributed by atoms with E-state index >= 15 is 0 Å². The van der Waals surface area contributed by atoms with Crippen LogP contribution in [0.5, 0.6) is 0 Å². The smallest absolute Gasteiger partial charge is 0.310 e. The Balaban J connectivity index is 2.13. The molecule has 1 fully saturated rings. The molecule has 1 N–H and O–H groups in total. The second-order valence-corrected chi connectivity index (χ2v) is 7.17. The first-order valence-corrected chi connectivity index (χ1v) is 8.50. The summed E-state index contributed by atoms with van der Waals surface area (Å²) in [5.41, 5.74) is 0.647. The maximum Gasteiger partial charge on any atom is 0.310 e. The van der Waals surface area contributed by atoms with Crippen LogP contribution in [-0.4, -0.2) is 31.7 Å². The lowest BCUT2D eigenvalue weighted by Crippen LogP contribution is -2.40. The molecule has 1 aromatic rings. The van der Waals surface area contributed by atoms with Gasteiger partial charge in [-0.1, -0.05) is 12.5 Å². The van der Waals surface area contributed by atoms with Gasteiger partial charge in [0.05, 0.1) is 30.0 Å². The number of esters is 1. The number of rotatable bonds is 5. The molecule has 7 heteroatoms. The van der Waals surface area contributed by atoms with Crippen LogP contribution in [0.25, 0.3) is 0 Å². The maximum absolute atomic E-state index is 12.5. The van der Waals surface area contributed by atoms with Crippen LogP contribution in [0, 0.1) is 5.92 Å². The summed E-state index contributed by atoms with van der Waals surface area (Å²) in [6, 6.07) is 4.91. The highest BCUT2D eigenvalue weighted by Crippen LogP contribution is 2.32. The number of carbonyl (C=O) groups is 1. The molecule has 3 atom stereocenters. The van der Waals surface area contributed by atoms with Crippen molar-refractivity contribution >= 4 is 16.0 Å². The van der Waals surface area contributed by atoms with E-state index in [4.69, 9.17) is 4.74 Å². The Hall–Kier alpha value is -1.47. The average Bonchev–Trinajstić information content (AvgIpc) is 2.97. The molecule has 0 bridgehead atoms. The zero-order chi connectivity index (χ0) is 15.5. The summed E-state index contributed by atoms with van der Waals surface area (Å²) >= 11 is 0. The Morgan fingerprint density at radius 2 is 2.19 bits per heavy atom. The van der Waals surface area contributed by atoms with Gasteiger partial charge in [0.15, 0.2) is 0 Å². The molecule has 1 saturated carbocycles. The van der Waals surface area contributed by atoms with Crippen molar-refractivity contribution in [2.45, 2.75) is 37.5 Å². The SMILES string of the molecule is COC(=O)C1CCCC1S(=O)(=O)N[C@H](C)c1ccccn1. The first-order valence-electron chi connectivity index (χ1n) is 6.95. The van der Waals surface area contributed by atoms with Gasteiger partial charge in [0.1, 0.15) is 0 Å². The van der Waals surface area contributed by atoms with Crippen molar-refractivity contribution in [2.24, 2.45) is 5.92 Å². The van der Waals surface area contributed by atoms with E-state index in [-0.39, 0.29) is 0 Å². The van der Waals surface area contributed by atoms with Crippen molar-refractivity contribution in [3.05, 3.63) is 30.1 Å². The summed E-state index contributed by atoms with van der Waals surface area (Å²) in [6.45, 7) is 1.74. The Bertz CT molecular complexity index is 588. The molecule has 2 rings (SSSR count). The van der Waals surface area contributed by atoms with E-state index in [1.807, 2.05) is 0 Å². The quantitative estimate of drug-likeness (QED) is 0.831. The molecule has 0 saturated heterocycles. The van der Waals surface area contributed by atoms with Crippen molar-refractivity contribution < 1.29 is 17.9 Å². The highest BCUT2D eigenvalue weighted by Gasteiger charge is 2.42. The Morgan fingerprint density at radius 3 is 2.81 bits per heavy atom. The molecule has 1 heterocycles. The molecule has 6 nitrogen and oxygen atoms in total. The lowest BCUT2D eigenvalue weighted by Gasteiger charge is -2.21. The third kappa shape index (κ3) is 3.59. The normalized spacial score (nSPS) is 23.7. The van der Waals surface area contributed by atoms with Gasteiger partial charge in [0.25, 0.3) is 0 Å². The molecule has 116 valence electrons. The highest BCUT2D eigenvalue weighted by molar-refractivity contribution is 7.90. The minimum atomic E-state index is -3.60. The number of nitrogens with one attached hydrogen (secondary N) is 1. The van der Waals surface area contributed by atoms with Crippen molar-refractivity contribution in [1.82, 2.24) is 9.71 Å². The molecule has 0 aromatic carbocycles. The molecule has 2 unspecified atom stereocenters. The van der Waals surface area contributed by atoms with E-state index in [9.17, 15) is 13.2 Å². The highest BCUT2D eigenvalue weighted by atomic mass is 32.2. The van der Waals surface area contributed by atoms with Gasteiger partial charge in [-0.15, -0.1) is 0 Å². The third-order valence-electron chi connectivity index (χ3n) is 3.83. The number of ether oxygens (including phenoxy) is 1. The van der Waals surface area contributed by atoms with Gasteiger partial charge in [-0.05, 0) is 31.9 Å². The number of sulfonamides is 1. The van der Waals surface area contributed by atoms with E-state index in [0.717, 1.165) is 0 Å². The molecular formula is C14H20N2O4S. The first kappa shape index (κ1) is 15.9. The monoisotopic (exact) mass is 312 g/mol. The largest absolute Gasteiger partial charge is 0.469 e. The van der Waals surface area contributed by atoms with E-state index in [1.165, 1.54) is 7.11 Å². The molecular weight excluding hydrogens is 292 g/mol. The van der Waals surface area contributed by atoms with Crippen LogP contribution < -0.4 is 4.72 Å². The van der Waals surface area contributed by atoms with Crippen molar-refractivity contribution in [2.75, 3.05) is 7.11 Å². The third-order valence-corrected chi connectivity index (χ3v) is 5.87. The number of hydrogen-bond donors (Lipinski definition) is 1. The fraction of sp³-hybridized carbons (Fsp3) is 0.571. The maximum atomic E-state index is 12.5. The predicted octanol–water partition coefficient (Wildman–Crippen LogP) is 1.40. The fourth-order valence-electron chi connectivity index (χ4n) is 2.74. The Labute approximate surface area is 125 Å². The number of pyridine rings is 1. The minimum absolute atomic E-state index is 0.435. The Kier molecular flexibility index (Phi) is 4.95. The zero-order valence-electron chi connectivity index (χ0n) is 12.2. The van der Waals surface area contributed by atoms with E-state index < -0.39 is 33.2 Å². The first-order chi connectivity index (χ1) is 9.95. The van der Waals surface area contributed by atoms with E-state index in [1.54, 1.807) is 31.3 Å². The van der Waals surface area contributed by atoms with Crippen molar-refractivity contribution in [3.8, 4) is 0 Å². The van der Waals surface area contributed by atoms with Crippen molar-refractivity contribution in [1.29, 1.82) is 0 Å². The number of nitrogens with zero attached hydrogens (tertiary/aromatic N) is 1. The van der Waals surface area contributed by atoms with Gasteiger partial charge in [-0.25, -0.2) is 13.1 Å². The van der Waals surface area contributed by atoms with Gasteiger partial charge < -0.3 is 4.74 Å². The summed E-state index contributed by atoms with van der Waals surface area (Å²) in [5, 5.41) is -0.726. The molecule has 0 spiro atoms. The standard InChI is InChI=1S/C14H20N2O4S/c1-10(12-7-3-4-9-15-12)16-21(18,19)13-8-5-6-11(13)14(17)20-2/h3-4,7,9-11,13,16H,5-6,8H2,1-2H3/t10-,11?,13?/m1/s1. The summed E-state index contributed by atoms with van der Waals surface area (Å²) in [7, 11) is -2.32. The molecule has 1 aliphatic carbocycles. The van der Waals surface area contributed by atoms with Gasteiger partial charge in [0.2, 0.25) is 10.0 Å². The molecule has 1 aromatic heterocycles. The number of methoxy groups -OCH3 is 1. The summed E-state index contributed by atoms with van der Waals surface area (Å²) in [4.78, 5) is 15.8. The van der Waals surface area contributed by atoms with Crippen LogP contribution in [-0.2, 0) is 19.6 Å².